The summed E-state index contributed by atoms with van der Waals surface area (Å²) in [6.45, 7) is 0. The molecule has 2 aromatic heterocycles. The van der Waals surface area contributed by atoms with E-state index in [1.807, 2.05) is 31.1 Å². The van der Waals surface area contributed by atoms with Gasteiger partial charge in [-0.25, -0.2) is 4.99 Å². The molecule has 2 aromatic rings. The third-order valence-electron chi connectivity index (χ3n) is 1.94. The zero-order chi connectivity index (χ0) is 11.5. The highest BCUT2D eigenvalue weighted by Gasteiger charge is 2.11. The number of hydrogen-bond acceptors (Lipinski definition) is 4. The Balaban J connectivity index is 2.61. The third-order valence-corrected chi connectivity index (χ3v) is 2.98. The van der Waals surface area contributed by atoms with E-state index in [0.29, 0.717) is 10.6 Å². The molecule has 0 unspecified atom stereocenters. The SMILES string of the molecule is CN(C)C=Nc1c(C#N)sc2cccnc12. The molecule has 16 heavy (non-hydrogen) atoms. The first kappa shape index (κ1) is 10.6. The average molecular weight is 230 g/mol. The molecule has 5 heteroatoms. The van der Waals surface area contributed by atoms with E-state index in [0.717, 1.165) is 10.2 Å². The maximum absolute atomic E-state index is 9.03. The van der Waals surface area contributed by atoms with Crippen molar-refractivity contribution in [2.75, 3.05) is 14.1 Å². The topological polar surface area (TPSA) is 52.3 Å². The van der Waals surface area contributed by atoms with E-state index >= 15 is 0 Å². The molecule has 0 bridgehead atoms. The summed E-state index contributed by atoms with van der Waals surface area (Å²) in [4.78, 5) is 11.0. The van der Waals surface area contributed by atoms with Crippen LogP contribution in [0.2, 0.25) is 0 Å². The second-order valence-electron chi connectivity index (χ2n) is 3.45. The summed E-state index contributed by atoms with van der Waals surface area (Å²) in [5.74, 6) is 0. The summed E-state index contributed by atoms with van der Waals surface area (Å²) in [6, 6.07) is 5.96. The number of aliphatic imine (C=N–C) groups is 1. The summed E-state index contributed by atoms with van der Waals surface area (Å²) in [6.07, 6.45) is 3.39. The zero-order valence-corrected chi connectivity index (χ0v) is 9.82. The standard InChI is InChI=1S/C11H10N4S/c1-15(2)7-14-11-9(6-12)16-8-4-3-5-13-10(8)11/h3-5,7H,1-2H3. The number of fused-ring (bicyclic) bond motifs is 1. The Kier molecular flexibility index (Phi) is 2.84. The molecule has 2 rings (SSSR count). The van der Waals surface area contributed by atoms with Gasteiger partial charge in [-0.1, -0.05) is 0 Å². The Labute approximate surface area is 97.5 Å². The fourth-order valence-corrected chi connectivity index (χ4v) is 2.19. The van der Waals surface area contributed by atoms with Crippen LogP contribution in [0.5, 0.6) is 0 Å². The van der Waals surface area contributed by atoms with Gasteiger partial charge in [0.05, 0.1) is 11.0 Å². The Morgan fingerprint density at radius 2 is 2.38 bits per heavy atom. The largest absolute Gasteiger partial charge is 0.369 e. The molecule has 0 amide bonds. The molecular weight excluding hydrogens is 220 g/mol. The van der Waals surface area contributed by atoms with Crippen molar-refractivity contribution in [3.8, 4) is 6.07 Å². The van der Waals surface area contributed by atoms with Gasteiger partial charge in [-0.15, -0.1) is 11.3 Å². The Bertz CT molecular complexity index is 577. The van der Waals surface area contributed by atoms with E-state index < -0.39 is 0 Å². The van der Waals surface area contributed by atoms with Gasteiger partial charge in [0.1, 0.15) is 22.2 Å². The van der Waals surface area contributed by atoms with Gasteiger partial charge in [0.15, 0.2) is 0 Å². The molecule has 0 fully saturated rings. The molecule has 2 heterocycles. The second-order valence-corrected chi connectivity index (χ2v) is 4.50. The van der Waals surface area contributed by atoms with Crippen LogP contribution in [0.4, 0.5) is 5.69 Å². The van der Waals surface area contributed by atoms with Crippen LogP contribution in [0, 0.1) is 11.3 Å². The smallest absolute Gasteiger partial charge is 0.133 e. The molecule has 0 atom stereocenters. The van der Waals surface area contributed by atoms with E-state index in [1.54, 1.807) is 12.5 Å². The number of nitriles is 1. The number of hydrogen-bond donors (Lipinski definition) is 0. The fourth-order valence-electron chi connectivity index (χ4n) is 1.29. The normalized spacial score (nSPS) is 10.8. The molecule has 0 aromatic carbocycles. The molecule has 0 saturated carbocycles. The number of thiophene rings is 1. The Morgan fingerprint density at radius 1 is 1.56 bits per heavy atom. The predicted molar refractivity (Wildman–Crippen MR) is 66.2 cm³/mol. The maximum atomic E-state index is 9.03. The number of pyridine rings is 1. The number of nitrogens with zero attached hydrogens (tertiary/aromatic N) is 4. The lowest BCUT2D eigenvalue weighted by Gasteiger charge is -2.01. The molecule has 0 N–H and O–H groups in total. The Hall–Kier alpha value is -1.93. The molecular formula is C11H10N4S. The highest BCUT2D eigenvalue weighted by atomic mass is 32.1. The van der Waals surface area contributed by atoms with E-state index in [9.17, 15) is 0 Å². The minimum atomic E-state index is 0.604. The van der Waals surface area contributed by atoms with Crippen molar-refractivity contribution in [2.24, 2.45) is 4.99 Å². The first-order chi connectivity index (χ1) is 7.72. The van der Waals surface area contributed by atoms with Crippen molar-refractivity contribution in [3.63, 3.8) is 0 Å². The molecule has 80 valence electrons. The van der Waals surface area contributed by atoms with Crippen LogP contribution in [0.25, 0.3) is 10.2 Å². The van der Waals surface area contributed by atoms with Crippen molar-refractivity contribution in [2.45, 2.75) is 0 Å². The van der Waals surface area contributed by atoms with E-state index in [4.69, 9.17) is 5.26 Å². The van der Waals surface area contributed by atoms with Gasteiger partial charge < -0.3 is 4.90 Å². The van der Waals surface area contributed by atoms with Crippen molar-refractivity contribution in [1.82, 2.24) is 9.88 Å². The third kappa shape index (κ3) is 1.88. The van der Waals surface area contributed by atoms with Gasteiger partial charge in [0, 0.05) is 20.3 Å². The van der Waals surface area contributed by atoms with Gasteiger partial charge in [0.25, 0.3) is 0 Å². The van der Waals surface area contributed by atoms with Crippen LogP contribution >= 0.6 is 11.3 Å². The van der Waals surface area contributed by atoms with E-state index in [2.05, 4.69) is 16.0 Å². The maximum Gasteiger partial charge on any atom is 0.133 e. The van der Waals surface area contributed by atoms with Crippen LogP contribution in [0.1, 0.15) is 4.88 Å². The van der Waals surface area contributed by atoms with Crippen LogP contribution in [0.15, 0.2) is 23.3 Å². The van der Waals surface area contributed by atoms with Crippen molar-refractivity contribution in [3.05, 3.63) is 23.2 Å². The molecule has 0 aliphatic heterocycles. The van der Waals surface area contributed by atoms with Gasteiger partial charge in [-0.05, 0) is 12.1 Å². The summed E-state index contributed by atoms with van der Waals surface area (Å²) < 4.78 is 0.991. The van der Waals surface area contributed by atoms with Gasteiger partial charge in [-0.2, -0.15) is 5.26 Å². The highest BCUT2D eigenvalue weighted by molar-refractivity contribution is 7.20. The fraction of sp³-hybridized carbons (Fsp3) is 0.182. The number of aromatic nitrogens is 1. The highest BCUT2D eigenvalue weighted by Crippen LogP contribution is 2.35. The first-order valence-corrected chi connectivity index (χ1v) is 5.52. The minimum Gasteiger partial charge on any atom is -0.369 e. The molecule has 4 nitrogen and oxygen atoms in total. The average Bonchev–Trinajstić information content (AvgIpc) is 2.64. The quantitative estimate of drug-likeness (QED) is 0.588. The molecule has 0 saturated heterocycles. The van der Waals surface area contributed by atoms with Gasteiger partial charge in [0.2, 0.25) is 0 Å². The lowest BCUT2D eigenvalue weighted by Crippen LogP contribution is -2.06. The minimum absolute atomic E-state index is 0.604. The molecule has 0 radical (unpaired) electrons. The molecule has 0 aliphatic rings. The number of rotatable bonds is 2. The van der Waals surface area contributed by atoms with Crippen LogP contribution in [-0.4, -0.2) is 30.3 Å². The van der Waals surface area contributed by atoms with Gasteiger partial charge in [-0.3, -0.25) is 4.98 Å². The Morgan fingerprint density at radius 3 is 3.06 bits per heavy atom. The zero-order valence-electron chi connectivity index (χ0n) is 9.01. The van der Waals surface area contributed by atoms with Crippen LogP contribution in [0.3, 0.4) is 0 Å². The monoisotopic (exact) mass is 230 g/mol. The lowest BCUT2D eigenvalue weighted by atomic mass is 10.3. The first-order valence-electron chi connectivity index (χ1n) is 4.70. The summed E-state index contributed by atoms with van der Waals surface area (Å²) in [7, 11) is 3.77. The summed E-state index contributed by atoms with van der Waals surface area (Å²) in [5, 5.41) is 9.03. The van der Waals surface area contributed by atoms with Gasteiger partial charge >= 0.3 is 0 Å². The van der Waals surface area contributed by atoms with Crippen molar-refractivity contribution < 1.29 is 0 Å². The molecule has 0 aliphatic carbocycles. The van der Waals surface area contributed by atoms with Crippen LogP contribution < -0.4 is 0 Å². The van der Waals surface area contributed by atoms with E-state index in [1.165, 1.54) is 11.3 Å². The van der Waals surface area contributed by atoms with Crippen molar-refractivity contribution >= 4 is 33.6 Å². The molecule has 0 spiro atoms. The summed E-state index contributed by atoms with van der Waals surface area (Å²) >= 11 is 1.42. The van der Waals surface area contributed by atoms with E-state index in [-0.39, 0.29) is 0 Å². The lowest BCUT2D eigenvalue weighted by molar-refractivity contribution is 0.643. The summed E-state index contributed by atoms with van der Waals surface area (Å²) in [5.41, 5.74) is 1.46. The van der Waals surface area contributed by atoms with Crippen LogP contribution in [-0.2, 0) is 0 Å². The second kappa shape index (κ2) is 4.29. The predicted octanol–water partition coefficient (Wildman–Crippen LogP) is 2.39. The van der Waals surface area contributed by atoms with Crippen molar-refractivity contribution in [1.29, 1.82) is 5.26 Å².